The monoisotopic (exact) mass is 300 g/mol. The Labute approximate surface area is 127 Å². The van der Waals surface area contributed by atoms with Crippen molar-refractivity contribution in [1.29, 1.82) is 0 Å². The second kappa shape index (κ2) is 5.77. The van der Waals surface area contributed by atoms with E-state index in [1.807, 2.05) is 0 Å². The normalized spacial score (nSPS) is 11.0. The van der Waals surface area contributed by atoms with Gasteiger partial charge in [0.1, 0.15) is 0 Å². The van der Waals surface area contributed by atoms with E-state index in [9.17, 15) is 0 Å². The largest absolute Gasteiger partial charge is 0.459 e. The maximum absolute atomic E-state index is 5.60. The number of rotatable bonds is 4. The van der Waals surface area contributed by atoms with Crippen LogP contribution in [0.4, 0.5) is 0 Å². The fourth-order valence-corrected chi connectivity index (χ4v) is 3.30. The zero-order valence-corrected chi connectivity index (χ0v) is 13.0. The molecule has 2 heterocycles. The molecule has 21 heavy (non-hydrogen) atoms. The van der Waals surface area contributed by atoms with Gasteiger partial charge in [0, 0.05) is 5.75 Å². The van der Waals surface area contributed by atoms with Gasteiger partial charge in [-0.1, -0.05) is 29.5 Å². The Morgan fingerprint density at radius 3 is 2.52 bits per heavy atom. The lowest BCUT2D eigenvalue weighted by atomic mass is 10.0. The molecule has 0 bridgehead atoms. The van der Waals surface area contributed by atoms with Crippen LogP contribution in [-0.4, -0.2) is 10.2 Å². The molecular formula is C16H16N2O2S. The van der Waals surface area contributed by atoms with Crippen molar-refractivity contribution in [2.24, 2.45) is 0 Å². The van der Waals surface area contributed by atoms with Crippen LogP contribution in [0, 0.1) is 20.8 Å². The molecule has 0 radical (unpaired) electrons. The van der Waals surface area contributed by atoms with Crippen molar-refractivity contribution >= 4 is 11.8 Å². The third-order valence-corrected chi connectivity index (χ3v) is 4.16. The minimum absolute atomic E-state index is 0.417. The van der Waals surface area contributed by atoms with Crippen LogP contribution in [0.3, 0.4) is 0 Å². The van der Waals surface area contributed by atoms with Gasteiger partial charge >= 0.3 is 0 Å². The summed E-state index contributed by atoms with van der Waals surface area (Å²) < 4.78 is 10.8. The number of aromatic nitrogens is 2. The van der Waals surface area contributed by atoms with E-state index in [2.05, 4.69) is 43.1 Å². The molecule has 0 unspecified atom stereocenters. The molecule has 108 valence electrons. The van der Waals surface area contributed by atoms with Gasteiger partial charge in [0.2, 0.25) is 0 Å². The molecular weight excluding hydrogens is 284 g/mol. The van der Waals surface area contributed by atoms with E-state index in [4.69, 9.17) is 8.83 Å². The highest BCUT2D eigenvalue weighted by molar-refractivity contribution is 7.98. The second-order valence-electron chi connectivity index (χ2n) is 5.02. The summed E-state index contributed by atoms with van der Waals surface area (Å²) in [4.78, 5) is 0. The molecule has 0 spiro atoms. The molecule has 0 aliphatic heterocycles. The molecule has 3 rings (SSSR count). The van der Waals surface area contributed by atoms with Gasteiger partial charge < -0.3 is 8.83 Å². The molecule has 0 atom stereocenters. The predicted octanol–water partition coefficient (Wildman–Crippen LogP) is 4.55. The fourth-order valence-electron chi connectivity index (χ4n) is 2.34. The average molecular weight is 300 g/mol. The molecule has 5 heteroatoms. The van der Waals surface area contributed by atoms with E-state index >= 15 is 0 Å². The lowest BCUT2D eigenvalue weighted by Gasteiger charge is -2.09. The van der Waals surface area contributed by atoms with Crippen molar-refractivity contribution in [3.63, 3.8) is 0 Å². The lowest BCUT2D eigenvalue weighted by molar-refractivity contribution is 0.447. The van der Waals surface area contributed by atoms with Gasteiger partial charge in [-0.05, 0) is 49.6 Å². The summed E-state index contributed by atoms with van der Waals surface area (Å²) in [5, 5.41) is 8.61. The Balaban J connectivity index is 1.74. The molecule has 3 aromatic rings. The summed E-state index contributed by atoms with van der Waals surface area (Å²) in [6.45, 7) is 6.39. The number of hydrogen-bond acceptors (Lipinski definition) is 5. The van der Waals surface area contributed by atoms with E-state index in [1.54, 1.807) is 30.2 Å². The van der Waals surface area contributed by atoms with Gasteiger partial charge in [-0.15, -0.1) is 10.2 Å². The molecule has 1 aromatic carbocycles. The Bertz CT molecular complexity index is 724. The van der Waals surface area contributed by atoms with Gasteiger partial charge in [-0.2, -0.15) is 0 Å². The smallest absolute Gasteiger partial charge is 0.284 e. The van der Waals surface area contributed by atoms with E-state index in [-0.39, 0.29) is 0 Å². The highest BCUT2D eigenvalue weighted by Gasteiger charge is 2.12. The number of aryl methyl sites for hydroxylation is 3. The Kier molecular flexibility index (Phi) is 3.84. The third-order valence-electron chi connectivity index (χ3n) is 3.32. The molecule has 2 aromatic heterocycles. The van der Waals surface area contributed by atoms with Crippen molar-refractivity contribution in [3.8, 4) is 11.7 Å². The maximum Gasteiger partial charge on any atom is 0.284 e. The van der Waals surface area contributed by atoms with Gasteiger partial charge in [-0.25, -0.2) is 0 Å². The highest BCUT2D eigenvalue weighted by atomic mass is 32.2. The molecule has 0 fully saturated rings. The first-order valence-corrected chi connectivity index (χ1v) is 7.69. The van der Waals surface area contributed by atoms with Crippen LogP contribution in [0.5, 0.6) is 0 Å². The van der Waals surface area contributed by atoms with E-state index in [1.165, 1.54) is 22.3 Å². The number of benzene rings is 1. The molecule has 4 nitrogen and oxygen atoms in total. The van der Waals surface area contributed by atoms with Crippen molar-refractivity contribution in [2.45, 2.75) is 31.7 Å². The summed E-state index contributed by atoms with van der Waals surface area (Å²) in [5.41, 5.74) is 5.21. The van der Waals surface area contributed by atoms with Crippen LogP contribution in [-0.2, 0) is 5.75 Å². The van der Waals surface area contributed by atoms with Crippen LogP contribution in [0.2, 0.25) is 0 Å². The first kappa shape index (κ1) is 13.9. The van der Waals surface area contributed by atoms with Gasteiger partial charge in [0.05, 0.1) is 6.26 Å². The molecule has 0 saturated carbocycles. The lowest BCUT2D eigenvalue weighted by Crippen LogP contribution is -1.93. The summed E-state index contributed by atoms with van der Waals surface area (Å²) in [5.74, 6) is 1.83. The van der Waals surface area contributed by atoms with Crippen molar-refractivity contribution in [3.05, 3.63) is 52.8 Å². The average Bonchev–Trinajstić information content (AvgIpc) is 3.08. The van der Waals surface area contributed by atoms with Crippen molar-refractivity contribution < 1.29 is 8.83 Å². The number of furan rings is 1. The molecule has 0 saturated heterocycles. The van der Waals surface area contributed by atoms with E-state index in [0.29, 0.717) is 16.9 Å². The summed E-state index contributed by atoms with van der Waals surface area (Å²) in [6.07, 6.45) is 1.59. The van der Waals surface area contributed by atoms with Crippen molar-refractivity contribution in [1.82, 2.24) is 10.2 Å². The standard InChI is InChI=1S/C16H16N2O2S/c1-10-7-11(2)13(12(3)8-10)9-21-16-18-17-15(20-16)14-5-4-6-19-14/h4-8H,9H2,1-3H3. The van der Waals surface area contributed by atoms with Gasteiger partial charge in [0.25, 0.3) is 11.1 Å². The summed E-state index contributed by atoms with van der Waals surface area (Å²) >= 11 is 1.54. The minimum atomic E-state index is 0.417. The van der Waals surface area contributed by atoms with E-state index in [0.717, 1.165) is 5.75 Å². The highest BCUT2D eigenvalue weighted by Crippen LogP contribution is 2.28. The number of thioether (sulfide) groups is 1. The molecule has 0 amide bonds. The third kappa shape index (κ3) is 3.03. The zero-order valence-electron chi connectivity index (χ0n) is 12.2. The molecule has 0 aliphatic carbocycles. The quantitative estimate of drug-likeness (QED) is 0.662. The Morgan fingerprint density at radius 1 is 1.10 bits per heavy atom. The molecule has 0 N–H and O–H groups in total. The topological polar surface area (TPSA) is 52.1 Å². The van der Waals surface area contributed by atoms with Crippen LogP contribution in [0.15, 0.2) is 44.6 Å². The van der Waals surface area contributed by atoms with E-state index < -0.39 is 0 Å². The minimum Gasteiger partial charge on any atom is -0.459 e. The number of hydrogen-bond donors (Lipinski definition) is 0. The zero-order chi connectivity index (χ0) is 14.8. The van der Waals surface area contributed by atoms with Gasteiger partial charge in [0.15, 0.2) is 5.76 Å². The van der Waals surface area contributed by atoms with Crippen LogP contribution in [0.1, 0.15) is 22.3 Å². The van der Waals surface area contributed by atoms with Crippen LogP contribution in [0.25, 0.3) is 11.7 Å². The Morgan fingerprint density at radius 2 is 1.86 bits per heavy atom. The second-order valence-corrected chi connectivity index (χ2v) is 5.94. The number of nitrogens with zero attached hydrogens (tertiary/aromatic N) is 2. The fraction of sp³-hybridized carbons (Fsp3) is 0.250. The Hall–Kier alpha value is -2.01. The SMILES string of the molecule is Cc1cc(C)c(CSc2nnc(-c3ccco3)o2)c(C)c1. The van der Waals surface area contributed by atoms with Crippen LogP contribution >= 0.6 is 11.8 Å². The first-order valence-electron chi connectivity index (χ1n) is 6.70. The summed E-state index contributed by atoms with van der Waals surface area (Å²) in [7, 11) is 0. The maximum atomic E-state index is 5.60. The van der Waals surface area contributed by atoms with Crippen molar-refractivity contribution in [2.75, 3.05) is 0 Å². The predicted molar refractivity (Wildman–Crippen MR) is 82.2 cm³/mol. The van der Waals surface area contributed by atoms with Gasteiger partial charge in [-0.3, -0.25) is 0 Å². The first-order chi connectivity index (χ1) is 10.1. The molecule has 0 aliphatic rings. The summed E-state index contributed by atoms with van der Waals surface area (Å²) in [6, 6.07) is 8.00. The van der Waals surface area contributed by atoms with Crippen LogP contribution < -0.4 is 0 Å².